The quantitative estimate of drug-likeness (QED) is 0.0747. The van der Waals surface area contributed by atoms with Gasteiger partial charge in [-0.15, -0.1) is 6.58 Å². The zero-order chi connectivity index (χ0) is 26.2. The van der Waals surface area contributed by atoms with Gasteiger partial charge in [-0.2, -0.15) is 0 Å². The van der Waals surface area contributed by atoms with Crippen molar-refractivity contribution >= 4 is 62.9 Å². The topological polar surface area (TPSA) is 48.0 Å². The standard InChI is InChI=1S/C29H26INO4S2/c1-3-9-22-12-7-8-13-24(22)34-14-15-35-27-23(30)16-21(17-25(27)33-2)18-26-28(32)31(29(36)37-26)19-20-10-5-4-6-11-20/h3-8,10-13,16-18H,1,9,14-15,19H2,2H3. The molecule has 8 heteroatoms. The average Bonchev–Trinajstić information content (AvgIpc) is 3.16. The number of thiocarbonyl (C=S) groups is 1. The third kappa shape index (κ3) is 6.94. The van der Waals surface area contributed by atoms with E-state index in [4.69, 9.17) is 26.4 Å². The van der Waals surface area contributed by atoms with Crippen LogP contribution in [0.1, 0.15) is 16.7 Å². The highest BCUT2D eigenvalue weighted by Gasteiger charge is 2.32. The Bertz CT molecular complexity index is 1330. The lowest BCUT2D eigenvalue weighted by Crippen LogP contribution is -2.27. The Morgan fingerprint density at radius 1 is 1.03 bits per heavy atom. The second-order valence-corrected chi connectivity index (χ2v) is 10.9. The van der Waals surface area contributed by atoms with Crippen molar-refractivity contribution in [2.45, 2.75) is 13.0 Å². The van der Waals surface area contributed by atoms with Crippen LogP contribution in [0.25, 0.3) is 6.08 Å². The molecule has 37 heavy (non-hydrogen) atoms. The number of thioether (sulfide) groups is 1. The molecule has 1 aliphatic rings. The largest absolute Gasteiger partial charge is 0.493 e. The van der Waals surface area contributed by atoms with Crippen LogP contribution in [-0.2, 0) is 17.8 Å². The van der Waals surface area contributed by atoms with Crippen molar-refractivity contribution < 1.29 is 19.0 Å². The maximum atomic E-state index is 13.1. The van der Waals surface area contributed by atoms with E-state index in [1.807, 2.05) is 78.9 Å². The molecule has 0 N–H and O–H groups in total. The van der Waals surface area contributed by atoms with Crippen LogP contribution in [0.2, 0.25) is 0 Å². The molecule has 0 unspecified atom stereocenters. The van der Waals surface area contributed by atoms with Gasteiger partial charge < -0.3 is 14.2 Å². The third-order valence-electron chi connectivity index (χ3n) is 5.53. The van der Waals surface area contributed by atoms with E-state index in [-0.39, 0.29) is 5.91 Å². The van der Waals surface area contributed by atoms with Gasteiger partial charge in [0, 0.05) is 0 Å². The molecular formula is C29H26INO4S2. The minimum absolute atomic E-state index is 0.0953. The van der Waals surface area contributed by atoms with Crippen LogP contribution in [0.15, 0.2) is 84.3 Å². The Kier molecular flexibility index (Phi) is 9.65. The smallest absolute Gasteiger partial charge is 0.266 e. The van der Waals surface area contributed by atoms with E-state index in [1.54, 1.807) is 12.0 Å². The summed E-state index contributed by atoms with van der Waals surface area (Å²) in [4.78, 5) is 15.3. The van der Waals surface area contributed by atoms with Crippen molar-refractivity contribution in [2.24, 2.45) is 0 Å². The maximum Gasteiger partial charge on any atom is 0.266 e. The van der Waals surface area contributed by atoms with Gasteiger partial charge in [0.25, 0.3) is 5.91 Å². The highest BCUT2D eigenvalue weighted by molar-refractivity contribution is 14.1. The molecule has 0 aromatic heterocycles. The van der Waals surface area contributed by atoms with Crippen LogP contribution in [0, 0.1) is 3.57 Å². The first-order chi connectivity index (χ1) is 18.0. The van der Waals surface area contributed by atoms with Gasteiger partial charge in [0.2, 0.25) is 0 Å². The van der Waals surface area contributed by atoms with E-state index in [0.717, 1.165) is 32.4 Å². The highest BCUT2D eigenvalue weighted by Crippen LogP contribution is 2.38. The molecule has 3 aromatic rings. The molecule has 1 aliphatic heterocycles. The first-order valence-corrected chi connectivity index (χ1v) is 13.9. The van der Waals surface area contributed by atoms with Crippen molar-refractivity contribution in [1.29, 1.82) is 0 Å². The predicted molar refractivity (Wildman–Crippen MR) is 162 cm³/mol. The number of ether oxygens (including phenoxy) is 3. The summed E-state index contributed by atoms with van der Waals surface area (Å²) in [5, 5.41) is 0. The van der Waals surface area contributed by atoms with Gasteiger partial charge in [0.15, 0.2) is 11.5 Å². The first-order valence-electron chi connectivity index (χ1n) is 11.6. The van der Waals surface area contributed by atoms with Gasteiger partial charge in [0.1, 0.15) is 23.3 Å². The summed E-state index contributed by atoms with van der Waals surface area (Å²) in [6.07, 6.45) is 4.45. The molecule has 0 bridgehead atoms. The van der Waals surface area contributed by atoms with E-state index in [2.05, 4.69) is 29.2 Å². The number of halogens is 1. The number of allylic oxidation sites excluding steroid dienone is 1. The van der Waals surface area contributed by atoms with Gasteiger partial charge >= 0.3 is 0 Å². The van der Waals surface area contributed by atoms with Crippen molar-refractivity contribution in [1.82, 2.24) is 4.90 Å². The molecule has 0 spiro atoms. The van der Waals surface area contributed by atoms with Gasteiger partial charge in [0.05, 0.1) is 22.1 Å². The zero-order valence-electron chi connectivity index (χ0n) is 20.3. The minimum atomic E-state index is -0.0953. The van der Waals surface area contributed by atoms with E-state index < -0.39 is 0 Å². The summed E-state index contributed by atoms with van der Waals surface area (Å²) < 4.78 is 19.0. The average molecular weight is 644 g/mol. The maximum absolute atomic E-state index is 13.1. The highest BCUT2D eigenvalue weighted by atomic mass is 127. The molecule has 190 valence electrons. The minimum Gasteiger partial charge on any atom is -0.493 e. The number of para-hydroxylation sites is 1. The number of benzene rings is 3. The molecule has 0 saturated carbocycles. The van der Waals surface area contributed by atoms with Crippen molar-refractivity contribution in [3.8, 4) is 17.2 Å². The van der Waals surface area contributed by atoms with E-state index >= 15 is 0 Å². The fourth-order valence-corrected chi connectivity index (χ4v) is 5.82. The Labute approximate surface area is 240 Å². The number of hydrogen-bond donors (Lipinski definition) is 0. The lowest BCUT2D eigenvalue weighted by Gasteiger charge is -2.15. The summed E-state index contributed by atoms with van der Waals surface area (Å²) >= 11 is 9.01. The van der Waals surface area contributed by atoms with Crippen molar-refractivity contribution in [3.63, 3.8) is 0 Å². The molecule has 0 radical (unpaired) electrons. The van der Waals surface area contributed by atoms with Crippen LogP contribution >= 0.6 is 46.6 Å². The predicted octanol–water partition coefficient (Wildman–Crippen LogP) is 6.89. The fourth-order valence-electron chi connectivity index (χ4n) is 3.78. The number of rotatable bonds is 11. The second kappa shape index (κ2) is 13.1. The van der Waals surface area contributed by atoms with Crippen molar-refractivity contribution in [3.05, 3.63) is 105 Å². The van der Waals surface area contributed by atoms with Crippen LogP contribution < -0.4 is 14.2 Å². The van der Waals surface area contributed by atoms with Gasteiger partial charge in [-0.05, 0) is 70.0 Å². The number of nitrogens with zero attached hydrogens (tertiary/aromatic N) is 1. The number of carbonyl (C=O) groups excluding carboxylic acids is 1. The summed E-state index contributed by atoms with van der Waals surface area (Å²) in [6, 6.07) is 21.6. The first kappa shape index (κ1) is 27.2. The molecule has 1 amide bonds. The van der Waals surface area contributed by atoms with Crippen LogP contribution in [-0.4, -0.2) is 35.5 Å². The number of carbonyl (C=O) groups is 1. The summed E-state index contributed by atoms with van der Waals surface area (Å²) in [7, 11) is 1.60. The molecule has 1 heterocycles. The lowest BCUT2D eigenvalue weighted by atomic mass is 10.1. The molecule has 1 fully saturated rings. The number of methoxy groups -OCH3 is 1. The molecular weight excluding hydrogens is 617 g/mol. The molecule has 0 atom stereocenters. The Morgan fingerprint density at radius 2 is 1.76 bits per heavy atom. The van der Waals surface area contributed by atoms with Gasteiger partial charge in [-0.1, -0.05) is 78.6 Å². The molecule has 3 aromatic carbocycles. The number of amides is 1. The lowest BCUT2D eigenvalue weighted by molar-refractivity contribution is -0.122. The molecule has 4 rings (SSSR count). The van der Waals surface area contributed by atoms with Crippen LogP contribution in [0.4, 0.5) is 0 Å². The molecule has 1 saturated heterocycles. The normalized spacial score (nSPS) is 14.2. The van der Waals surface area contributed by atoms with Gasteiger partial charge in [-0.3, -0.25) is 9.69 Å². The summed E-state index contributed by atoms with van der Waals surface area (Å²) in [5.74, 6) is 1.96. The summed E-state index contributed by atoms with van der Waals surface area (Å²) in [6.45, 7) is 5.00. The Hall–Kier alpha value is -2.82. The van der Waals surface area contributed by atoms with E-state index in [0.29, 0.717) is 40.5 Å². The van der Waals surface area contributed by atoms with Crippen LogP contribution in [0.3, 0.4) is 0 Å². The van der Waals surface area contributed by atoms with Gasteiger partial charge in [-0.25, -0.2) is 0 Å². The molecule has 0 aliphatic carbocycles. The SMILES string of the molecule is C=CCc1ccccc1OCCOc1c(I)cc(C=C2SC(=S)N(Cc3ccccc3)C2=O)cc1OC. The van der Waals surface area contributed by atoms with E-state index in [1.165, 1.54) is 11.8 Å². The monoisotopic (exact) mass is 643 g/mol. The second-order valence-electron chi connectivity index (χ2n) is 8.09. The van der Waals surface area contributed by atoms with Crippen molar-refractivity contribution in [2.75, 3.05) is 20.3 Å². The Balaban J connectivity index is 1.42. The fraction of sp³-hybridized carbons (Fsp3) is 0.172. The third-order valence-corrected chi connectivity index (χ3v) is 7.71. The van der Waals surface area contributed by atoms with Crippen LogP contribution in [0.5, 0.6) is 17.2 Å². The van der Waals surface area contributed by atoms with E-state index in [9.17, 15) is 4.79 Å². The Morgan fingerprint density at radius 3 is 2.51 bits per heavy atom. The number of hydrogen-bond acceptors (Lipinski definition) is 6. The summed E-state index contributed by atoms with van der Waals surface area (Å²) in [5.41, 5.74) is 2.96. The molecule has 5 nitrogen and oxygen atoms in total. The zero-order valence-corrected chi connectivity index (χ0v) is 24.1.